The molecule has 0 spiro atoms. The zero-order valence-corrected chi connectivity index (χ0v) is 29.0. The number of thiophene rings is 1. The third-order valence-electron chi connectivity index (χ3n) is 10.7. The summed E-state index contributed by atoms with van der Waals surface area (Å²) in [6.45, 7) is 0. The van der Waals surface area contributed by atoms with Crippen LogP contribution in [0.25, 0.3) is 108 Å². The number of benzene rings is 9. The van der Waals surface area contributed by atoms with E-state index in [-0.39, 0.29) is 0 Å². The normalized spacial score (nSPS) is 11.8. The Morgan fingerprint density at radius 1 is 0.308 bits per heavy atom. The minimum Gasteiger partial charge on any atom is -0.456 e. The Labute approximate surface area is 304 Å². The summed E-state index contributed by atoms with van der Waals surface area (Å²) in [5.41, 5.74) is 11.7. The third-order valence-corrected chi connectivity index (χ3v) is 11.9. The summed E-state index contributed by atoms with van der Waals surface area (Å²) in [5.74, 6) is 0. The SMILES string of the molecule is c1ccc(-c2ccc3oc4ccccc4c3c2)c(-c2ccc(-c3c4ccccc4c(-c4cccc5c4sc4ccccc45)c4ccccc34)cc2)c1. The molecule has 0 unspecified atom stereocenters. The van der Waals surface area contributed by atoms with Crippen molar-refractivity contribution < 1.29 is 4.42 Å². The van der Waals surface area contributed by atoms with Gasteiger partial charge >= 0.3 is 0 Å². The van der Waals surface area contributed by atoms with Crippen LogP contribution in [-0.2, 0) is 0 Å². The molecule has 9 aromatic carbocycles. The van der Waals surface area contributed by atoms with E-state index in [2.05, 4.69) is 170 Å². The number of fused-ring (bicyclic) bond motifs is 8. The van der Waals surface area contributed by atoms with Crippen LogP contribution in [-0.4, -0.2) is 0 Å². The zero-order chi connectivity index (χ0) is 34.2. The highest BCUT2D eigenvalue weighted by Gasteiger charge is 2.20. The monoisotopic (exact) mass is 678 g/mol. The smallest absolute Gasteiger partial charge is 0.135 e. The van der Waals surface area contributed by atoms with Crippen molar-refractivity contribution in [1.82, 2.24) is 0 Å². The second-order valence-electron chi connectivity index (χ2n) is 13.6. The first-order valence-electron chi connectivity index (χ1n) is 17.8. The molecule has 242 valence electrons. The van der Waals surface area contributed by atoms with Crippen molar-refractivity contribution in [3.63, 3.8) is 0 Å². The highest BCUT2D eigenvalue weighted by Crippen LogP contribution is 2.48. The molecule has 1 nitrogen and oxygen atoms in total. The van der Waals surface area contributed by atoms with Crippen molar-refractivity contribution in [2.24, 2.45) is 0 Å². The van der Waals surface area contributed by atoms with E-state index in [1.165, 1.54) is 86.2 Å². The summed E-state index contributed by atoms with van der Waals surface area (Å²) in [6.07, 6.45) is 0. The van der Waals surface area contributed by atoms with E-state index in [0.29, 0.717) is 0 Å². The van der Waals surface area contributed by atoms with Crippen LogP contribution in [0.5, 0.6) is 0 Å². The van der Waals surface area contributed by atoms with Gasteiger partial charge in [-0.1, -0.05) is 158 Å². The van der Waals surface area contributed by atoms with E-state index in [0.717, 1.165) is 21.9 Å². The van der Waals surface area contributed by atoms with E-state index in [1.54, 1.807) is 0 Å². The van der Waals surface area contributed by atoms with Gasteiger partial charge in [-0.25, -0.2) is 0 Å². The molecule has 11 rings (SSSR count). The van der Waals surface area contributed by atoms with Crippen molar-refractivity contribution in [3.05, 3.63) is 182 Å². The summed E-state index contributed by atoms with van der Waals surface area (Å²) < 4.78 is 8.81. The maximum Gasteiger partial charge on any atom is 0.135 e. The fourth-order valence-electron chi connectivity index (χ4n) is 8.37. The molecular weight excluding hydrogens is 649 g/mol. The van der Waals surface area contributed by atoms with E-state index >= 15 is 0 Å². The van der Waals surface area contributed by atoms with Gasteiger partial charge in [-0.3, -0.25) is 0 Å². The lowest BCUT2D eigenvalue weighted by Crippen LogP contribution is -1.91. The van der Waals surface area contributed by atoms with Gasteiger partial charge < -0.3 is 4.42 Å². The zero-order valence-electron chi connectivity index (χ0n) is 28.1. The van der Waals surface area contributed by atoms with Gasteiger partial charge in [-0.2, -0.15) is 0 Å². The predicted molar refractivity (Wildman–Crippen MR) is 223 cm³/mol. The molecule has 0 N–H and O–H groups in total. The molecule has 0 amide bonds. The van der Waals surface area contributed by atoms with Gasteiger partial charge in [0.2, 0.25) is 0 Å². The largest absolute Gasteiger partial charge is 0.456 e. The van der Waals surface area contributed by atoms with Gasteiger partial charge in [0.1, 0.15) is 11.2 Å². The summed E-state index contributed by atoms with van der Waals surface area (Å²) in [7, 11) is 0. The maximum absolute atomic E-state index is 6.14. The molecule has 0 aliphatic carbocycles. The molecule has 0 saturated carbocycles. The Bertz CT molecular complexity index is 3120. The Hall–Kier alpha value is -6.48. The van der Waals surface area contributed by atoms with E-state index < -0.39 is 0 Å². The first kappa shape index (κ1) is 29.3. The molecule has 0 atom stereocenters. The second-order valence-corrected chi connectivity index (χ2v) is 14.6. The van der Waals surface area contributed by atoms with Crippen LogP contribution in [0.2, 0.25) is 0 Å². The fraction of sp³-hybridized carbons (Fsp3) is 0. The Morgan fingerprint density at radius 3 is 1.54 bits per heavy atom. The van der Waals surface area contributed by atoms with Gasteiger partial charge in [-0.05, 0) is 84.8 Å². The minimum absolute atomic E-state index is 0.915. The standard InChI is InChI=1S/C50H30OS/c1-2-13-35(33-28-29-46-44(30-33)36-14-7-9-22-45(36)51-46)34(12-1)31-24-26-32(27-25-31)48-38-16-3-5-18-40(38)49(41-19-6-4-17-39(41)48)43-21-11-20-42-37-15-8-10-23-47(37)52-50(42)43/h1-30H. The number of rotatable bonds is 4. The number of para-hydroxylation sites is 1. The second kappa shape index (κ2) is 11.5. The number of hydrogen-bond donors (Lipinski definition) is 0. The predicted octanol–water partition coefficient (Wildman–Crippen LogP) is 14.9. The third kappa shape index (κ3) is 4.41. The lowest BCUT2D eigenvalue weighted by Gasteiger charge is -2.18. The lowest BCUT2D eigenvalue weighted by atomic mass is 9.85. The van der Waals surface area contributed by atoms with Crippen LogP contribution in [0, 0.1) is 0 Å². The van der Waals surface area contributed by atoms with Crippen LogP contribution in [0.15, 0.2) is 186 Å². The van der Waals surface area contributed by atoms with Crippen molar-refractivity contribution in [2.75, 3.05) is 0 Å². The van der Waals surface area contributed by atoms with Crippen LogP contribution in [0.1, 0.15) is 0 Å². The van der Waals surface area contributed by atoms with Gasteiger partial charge in [0, 0.05) is 36.5 Å². The molecule has 11 aromatic rings. The first-order valence-corrected chi connectivity index (χ1v) is 18.6. The van der Waals surface area contributed by atoms with Crippen molar-refractivity contribution in [2.45, 2.75) is 0 Å². The van der Waals surface area contributed by atoms with Crippen LogP contribution in [0.3, 0.4) is 0 Å². The molecule has 52 heavy (non-hydrogen) atoms. The van der Waals surface area contributed by atoms with Gasteiger partial charge in [0.25, 0.3) is 0 Å². The highest BCUT2D eigenvalue weighted by atomic mass is 32.1. The quantitative estimate of drug-likeness (QED) is 0.169. The van der Waals surface area contributed by atoms with Crippen LogP contribution < -0.4 is 0 Å². The van der Waals surface area contributed by atoms with E-state index in [1.807, 2.05) is 23.5 Å². The summed E-state index contributed by atoms with van der Waals surface area (Å²) in [4.78, 5) is 0. The van der Waals surface area contributed by atoms with Crippen molar-refractivity contribution in [1.29, 1.82) is 0 Å². The first-order chi connectivity index (χ1) is 25.8. The highest BCUT2D eigenvalue weighted by molar-refractivity contribution is 7.26. The molecule has 0 fully saturated rings. The molecule has 2 heteroatoms. The summed E-state index contributed by atoms with van der Waals surface area (Å²) in [6, 6.07) is 66.2. The molecule has 0 bridgehead atoms. The molecule has 0 radical (unpaired) electrons. The van der Waals surface area contributed by atoms with Gasteiger partial charge in [0.15, 0.2) is 0 Å². The number of furan rings is 1. The molecule has 2 aromatic heterocycles. The summed E-state index contributed by atoms with van der Waals surface area (Å²) in [5, 5.41) is 10.0. The molecule has 0 aliphatic heterocycles. The fourth-order valence-corrected chi connectivity index (χ4v) is 9.59. The average molecular weight is 679 g/mol. The van der Waals surface area contributed by atoms with Crippen LogP contribution >= 0.6 is 11.3 Å². The Morgan fingerprint density at radius 2 is 0.808 bits per heavy atom. The van der Waals surface area contributed by atoms with Crippen molar-refractivity contribution >= 4 is 75.0 Å². The Balaban J connectivity index is 1.07. The van der Waals surface area contributed by atoms with Gasteiger partial charge in [0.05, 0.1) is 0 Å². The van der Waals surface area contributed by atoms with Crippen LogP contribution in [0.4, 0.5) is 0 Å². The molecular formula is C50H30OS. The minimum atomic E-state index is 0.915. The lowest BCUT2D eigenvalue weighted by molar-refractivity contribution is 0.669. The molecule has 0 saturated heterocycles. The van der Waals surface area contributed by atoms with Gasteiger partial charge in [-0.15, -0.1) is 11.3 Å². The average Bonchev–Trinajstić information content (AvgIpc) is 3.78. The molecule has 2 heterocycles. The van der Waals surface area contributed by atoms with Crippen molar-refractivity contribution in [3.8, 4) is 44.5 Å². The van der Waals surface area contributed by atoms with E-state index in [4.69, 9.17) is 4.42 Å². The Kier molecular flexibility index (Phi) is 6.49. The maximum atomic E-state index is 6.14. The number of hydrogen-bond acceptors (Lipinski definition) is 2. The molecule has 0 aliphatic rings. The summed E-state index contributed by atoms with van der Waals surface area (Å²) >= 11 is 1.90. The topological polar surface area (TPSA) is 13.1 Å². The van der Waals surface area contributed by atoms with E-state index in [9.17, 15) is 0 Å².